The van der Waals surface area contributed by atoms with Crippen molar-refractivity contribution >= 4 is 5.69 Å². The van der Waals surface area contributed by atoms with Crippen LogP contribution in [0.3, 0.4) is 0 Å². The number of rotatable bonds is 2. The highest BCUT2D eigenvalue weighted by molar-refractivity contribution is 5.67. The Balaban J connectivity index is 1.76. The van der Waals surface area contributed by atoms with Crippen molar-refractivity contribution < 1.29 is 4.39 Å². The van der Waals surface area contributed by atoms with Crippen LogP contribution in [-0.2, 0) is 0 Å². The summed E-state index contributed by atoms with van der Waals surface area (Å²) in [5.41, 5.74) is 10.4. The van der Waals surface area contributed by atoms with Gasteiger partial charge in [0, 0.05) is 11.1 Å². The number of hydrogen-bond donors (Lipinski definition) is 3. The average Bonchev–Trinajstić information content (AvgIpc) is 3.17. The lowest BCUT2D eigenvalue weighted by atomic mass is 9.97. The van der Waals surface area contributed by atoms with Crippen molar-refractivity contribution in [3.05, 3.63) is 65.7 Å². The van der Waals surface area contributed by atoms with Gasteiger partial charge in [0.2, 0.25) is 0 Å². The number of H-pyrrole nitrogens is 1. The lowest BCUT2D eigenvalue weighted by Gasteiger charge is -2.11. The minimum atomic E-state index is -0.236. The van der Waals surface area contributed by atoms with E-state index in [1.165, 1.54) is 18.5 Å². The molecule has 1 aromatic heterocycles. The molecule has 1 unspecified atom stereocenters. The molecule has 2 heterocycles. The van der Waals surface area contributed by atoms with Gasteiger partial charge in [0.15, 0.2) is 5.82 Å². The van der Waals surface area contributed by atoms with Gasteiger partial charge in [0.1, 0.15) is 12.1 Å². The SMILES string of the molecule is Fc1ccc(C2NNc3ccc(-c4ncn[nH]4)cc32)cc1. The second-order valence-corrected chi connectivity index (χ2v) is 4.89. The number of halogens is 1. The van der Waals surface area contributed by atoms with Crippen LogP contribution >= 0.6 is 0 Å². The van der Waals surface area contributed by atoms with Gasteiger partial charge < -0.3 is 5.43 Å². The highest BCUT2D eigenvalue weighted by Gasteiger charge is 2.24. The Kier molecular flexibility index (Phi) is 2.68. The van der Waals surface area contributed by atoms with Crippen LogP contribution in [0.2, 0.25) is 0 Å². The van der Waals surface area contributed by atoms with Crippen molar-refractivity contribution in [3.8, 4) is 11.4 Å². The fraction of sp³-hybridized carbons (Fsp3) is 0.0667. The number of aromatic amines is 1. The Labute approximate surface area is 120 Å². The molecule has 5 nitrogen and oxygen atoms in total. The van der Waals surface area contributed by atoms with Gasteiger partial charge in [-0.2, -0.15) is 5.10 Å². The minimum absolute atomic E-state index is 0.0246. The molecule has 0 spiro atoms. The quantitative estimate of drug-likeness (QED) is 0.675. The molecule has 0 saturated heterocycles. The summed E-state index contributed by atoms with van der Waals surface area (Å²) in [6.45, 7) is 0. The number of hydrazine groups is 1. The zero-order valence-electron chi connectivity index (χ0n) is 11.0. The summed E-state index contributed by atoms with van der Waals surface area (Å²) in [5, 5.41) is 6.73. The Bertz CT molecular complexity index is 767. The molecule has 0 saturated carbocycles. The van der Waals surface area contributed by atoms with Crippen molar-refractivity contribution in [2.45, 2.75) is 6.04 Å². The number of nitrogens with one attached hydrogen (secondary N) is 3. The van der Waals surface area contributed by atoms with E-state index >= 15 is 0 Å². The number of fused-ring (bicyclic) bond motifs is 1. The van der Waals surface area contributed by atoms with E-state index in [0.717, 1.165) is 28.2 Å². The van der Waals surface area contributed by atoms with E-state index in [0.29, 0.717) is 0 Å². The standard InChI is InChI=1S/C15H12FN5/c16-11-4-1-9(2-5-11)14-12-7-10(15-17-8-18-21-15)3-6-13(12)19-20-14/h1-8,14,19-20H,(H,17,18,21). The second-order valence-electron chi connectivity index (χ2n) is 4.89. The van der Waals surface area contributed by atoms with Crippen LogP contribution in [-0.4, -0.2) is 15.2 Å². The maximum Gasteiger partial charge on any atom is 0.155 e. The van der Waals surface area contributed by atoms with E-state index in [1.54, 1.807) is 12.1 Å². The number of nitrogens with zero attached hydrogens (tertiary/aromatic N) is 2. The first-order valence-electron chi connectivity index (χ1n) is 6.58. The number of aromatic nitrogens is 3. The molecular formula is C15H12FN5. The molecule has 0 aliphatic carbocycles. The summed E-state index contributed by atoms with van der Waals surface area (Å²) < 4.78 is 13.1. The molecule has 4 rings (SSSR count). The maximum absolute atomic E-state index is 13.1. The smallest absolute Gasteiger partial charge is 0.155 e. The number of anilines is 1. The molecule has 21 heavy (non-hydrogen) atoms. The molecule has 0 bridgehead atoms. The van der Waals surface area contributed by atoms with Gasteiger partial charge in [-0.3, -0.25) is 5.10 Å². The van der Waals surface area contributed by atoms with Crippen LogP contribution in [0.25, 0.3) is 11.4 Å². The highest BCUT2D eigenvalue weighted by atomic mass is 19.1. The van der Waals surface area contributed by atoms with E-state index in [2.05, 4.69) is 32.1 Å². The number of hydrogen-bond acceptors (Lipinski definition) is 4. The largest absolute Gasteiger partial charge is 0.320 e. The zero-order chi connectivity index (χ0) is 14.2. The van der Waals surface area contributed by atoms with E-state index in [4.69, 9.17) is 0 Å². The zero-order valence-corrected chi connectivity index (χ0v) is 11.0. The van der Waals surface area contributed by atoms with Gasteiger partial charge in [-0.25, -0.2) is 14.8 Å². The normalized spacial score (nSPS) is 16.5. The second kappa shape index (κ2) is 4.68. The van der Waals surface area contributed by atoms with Crippen LogP contribution in [0.5, 0.6) is 0 Å². The molecule has 0 amide bonds. The van der Waals surface area contributed by atoms with E-state index in [9.17, 15) is 4.39 Å². The van der Waals surface area contributed by atoms with Crippen LogP contribution in [0.15, 0.2) is 48.8 Å². The monoisotopic (exact) mass is 281 g/mol. The Morgan fingerprint density at radius 3 is 2.67 bits per heavy atom. The molecule has 104 valence electrons. The van der Waals surface area contributed by atoms with Crippen LogP contribution in [0, 0.1) is 5.82 Å². The number of benzene rings is 2. The van der Waals surface area contributed by atoms with E-state index in [1.807, 2.05) is 12.1 Å². The van der Waals surface area contributed by atoms with Gasteiger partial charge in [-0.15, -0.1) is 0 Å². The van der Waals surface area contributed by atoms with Gasteiger partial charge in [-0.05, 0) is 35.9 Å². The van der Waals surface area contributed by atoms with Crippen molar-refractivity contribution in [2.75, 3.05) is 5.43 Å². The molecular weight excluding hydrogens is 269 g/mol. The maximum atomic E-state index is 13.1. The first-order chi connectivity index (χ1) is 10.3. The molecule has 0 fully saturated rings. The predicted octanol–water partition coefficient (Wildman–Crippen LogP) is 2.63. The summed E-state index contributed by atoms with van der Waals surface area (Å²) >= 11 is 0. The van der Waals surface area contributed by atoms with E-state index in [-0.39, 0.29) is 11.9 Å². The molecule has 1 aliphatic rings. The molecule has 2 aromatic carbocycles. The topological polar surface area (TPSA) is 65.6 Å². The Morgan fingerprint density at radius 2 is 1.90 bits per heavy atom. The molecule has 6 heteroatoms. The lowest BCUT2D eigenvalue weighted by Crippen LogP contribution is -2.19. The summed E-state index contributed by atoms with van der Waals surface area (Å²) in [6.07, 6.45) is 1.48. The minimum Gasteiger partial charge on any atom is -0.320 e. The molecule has 3 N–H and O–H groups in total. The molecule has 1 atom stereocenters. The third-order valence-electron chi connectivity index (χ3n) is 3.61. The molecule has 1 aliphatic heterocycles. The Morgan fingerprint density at radius 1 is 1.05 bits per heavy atom. The van der Waals surface area contributed by atoms with Crippen LogP contribution in [0.4, 0.5) is 10.1 Å². The molecule has 3 aromatic rings. The van der Waals surface area contributed by atoms with Crippen molar-refractivity contribution in [3.63, 3.8) is 0 Å². The van der Waals surface area contributed by atoms with Gasteiger partial charge in [0.05, 0.1) is 11.7 Å². The predicted molar refractivity (Wildman–Crippen MR) is 76.8 cm³/mol. The van der Waals surface area contributed by atoms with Gasteiger partial charge in [-0.1, -0.05) is 12.1 Å². The third-order valence-corrected chi connectivity index (χ3v) is 3.61. The van der Waals surface area contributed by atoms with Crippen LogP contribution < -0.4 is 10.9 Å². The molecule has 0 radical (unpaired) electrons. The van der Waals surface area contributed by atoms with Crippen molar-refractivity contribution in [1.82, 2.24) is 20.6 Å². The summed E-state index contributed by atoms with van der Waals surface area (Å²) in [5.74, 6) is 0.489. The Hall–Kier alpha value is -2.73. The van der Waals surface area contributed by atoms with E-state index < -0.39 is 0 Å². The fourth-order valence-corrected chi connectivity index (χ4v) is 2.55. The summed E-state index contributed by atoms with van der Waals surface area (Å²) in [7, 11) is 0. The summed E-state index contributed by atoms with van der Waals surface area (Å²) in [6, 6.07) is 12.5. The fourth-order valence-electron chi connectivity index (χ4n) is 2.55. The summed E-state index contributed by atoms with van der Waals surface area (Å²) in [4.78, 5) is 4.16. The first-order valence-corrected chi connectivity index (χ1v) is 6.58. The first kappa shape index (κ1) is 12.0. The highest BCUT2D eigenvalue weighted by Crippen LogP contribution is 2.35. The average molecular weight is 281 g/mol. The lowest BCUT2D eigenvalue weighted by molar-refractivity contribution is 0.625. The van der Waals surface area contributed by atoms with Crippen molar-refractivity contribution in [1.29, 1.82) is 0 Å². The van der Waals surface area contributed by atoms with Crippen LogP contribution in [0.1, 0.15) is 17.2 Å². The third kappa shape index (κ3) is 2.05. The van der Waals surface area contributed by atoms with Gasteiger partial charge in [0.25, 0.3) is 0 Å². The van der Waals surface area contributed by atoms with Crippen molar-refractivity contribution in [2.24, 2.45) is 0 Å². The van der Waals surface area contributed by atoms with Gasteiger partial charge >= 0.3 is 0 Å².